The van der Waals surface area contributed by atoms with Crippen molar-refractivity contribution in [1.82, 2.24) is 25.4 Å². The number of fused-ring (bicyclic) bond motifs is 2. The lowest BCUT2D eigenvalue weighted by Gasteiger charge is -2.39. The van der Waals surface area contributed by atoms with Crippen molar-refractivity contribution in [3.63, 3.8) is 0 Å². The van der Waals surface area contributed by atoms with Crippen LogP contribution in [0.15, 0.2) is 35.2 Å². The molecule has 9 heteroatoms. The van der Waals surface area contributed by atoms with E-state index in [9.17, 15) is 14.4 Å². The van der Waals surface area contributed by atoms with Crippen LogP contribution in [0.3, 0.4) is 0 Å². The lowest BCUT2D eigenvalue weighted by Crippen LogP contribution is -2.60. The third-order valence-corrected chi connectivity index (χ3v) is 7.93. The van der Waals surface area contributed by atoms with Crippen molar-refractivity contribution in [1.29, 1.82) is 0 Å². The molecule has 1 aromatic carbocycles. The van der Waals surface area contributed by atoms with Crippen LogP contribution >= 0.6 is 11.3 Å². The highest BCUT2D eigenvalue weighted by molar-refractivity contribution is 7.07. The molecule has 8 nitrogen and oxygen atoms in total. The van der Waals surface area contributed by atoms with Crippen LogP contribution in [0.2, 0.25) is 0 Å². The first kappa shape index (κ1) is 27.3. The number of hydrogen-bond acceptors (Lipinski definition) is 6. The van der Waals surface area contributed by atoms with Crippen LogP contribution in [0.5, 0.6) is 0 Å². The maximum absolute atomic E-state index is 13.7. The molecule has 0 saturated carbocycles. The fraction of sp³-hybridized carbons (Fsp3) is 0.571. The number of amides is 3. The Labute approximate surface area is 223 Å². The van der Waals surface area contributed by atoms with Gasteiger partial charge in [-0.05, 0) is 62.1 Å². The summed E-state index contributed by atoms with van der Waals surface area (Å²) in [6.45, 7) is 6.74. The first-order valence-corrected chi connectivity index (χ1v) is 14.4. The molecule has 4 rings (SSSR count). The third kappa shape index (κ3) is 6.96. The molecule has 1 saturated heterocycles. The zero-order valence-corrected chi connectivity index (χ0v) is 22.8. The van der Waals surface area contributed by atoms with Crippen LogP contribution in [0.25, 0.3) is 0 Å². The van der Waals surface area contributed by atoms with Crippen molar-refractivity contribution in [2.24, 2.45) is 5.92 Å². The smallest absolute Gasteiger partial charge is 0.250 e. The highest BCUT2D eigenvalue weighted by Crippen LogP contribution is 2.36. The van der Waals surface area contributed by atoms with Gasteiger partial charge in [0.05, 0.1) is 24.3 Å². The van der Waals surface area contributed by atoms with E-state index in [0.717, 1.165) is 55.5 Å². The molecule has 3 amide bonds. The number of aryl methyl sites for hydroxylation is 1. The first-order valence-electron chi connectivity index (χ1n) is 13.4. The van der Waals surface area contributed by atoms with Crippen LogP contribution in [0.1, 0.15) is 62.8 Å². The third-order valence-electron chi connectivity index (χ3n) is 7.29. The standard InChI is InChI=1S/C28H39N5O3S/c1-21(2)11-15-33-17-25(34)31-28(12-7-9-22-8-3-4-10-24(22)28)27(36)29-13-5-6-14-32(18-26(33)35)16-23-19-37-20-30-23/h3-4,8,10,19-21H,5-7,9,11-18H2,1-2H3,(H,29,36)(H,31,34). The molecular weight excluding hydrogens is 486 g/mol. The van der Waals surface area contributed by atoms with Crippen molar-refractivity contribution < 1.29 is 14.4 Å². The highest BCUT2D eigenvalue weighted by atomic mass is 32.1. The molecule has 2 heterocycles. The second-order valence-corrected chi connectivity index (χ2v) is 11.3. The minimum Gasteiger partial charge on any atom is -0.354 e. The number of hydrogen-bond donors (Lipinski definition) is 2. The van der Waals surface area contributed by atoms with Crippen LogP contribution in [-0.4, -0.2) is 65.2 Å². The van der Waals surface area contributed by atoms with Gasteiger partial charge in [0.2, 0.25) is 17.7 Å². The van der Waals surface area contributed by atoms with E-state index < -0.39 is 5.54 Å². The van der Waals surface area contributed by atoms with E-state index in [1.165, 1.54) is 0 Å². The average molecular weight is 526 g/mol. The summed E-state index contributed by atoms with van der Waals surface area (Å²) in [5, 5.41) is 8.23. The summed E-state index contributed by atoms with van der Waals surface area (Å²) >= 11 is 1.54. The molecule has 37 heavy (non-hydrogen) atoms. The van der Waals surface area contributed by atoms with Crippen LogP contribution in [-0.2, 0) is 32.9 Å². The maximum Gasteiger partial charge on any atom is 0.250 e. The van der Waals surface area contributed by atoms with Crippen molar-refractivity contribution in [3.8, 4) is 0 Å². The molecule has 1 spiro atoms. The van der Waals surface area contributed by atoms with Gasteiger partial charge in [-0.15, -0.1) is 11.3 Å². The van der Waals surface area contributed by atoms with Gasteiger partial charge in [-0.2, -0.15) is 0 Å². The van der Waals surface area contributed by atoms with E-state index in [1.807, 2.05) is 29.6 Å². The minimum atomic E-state index is -1.11. The van der Waals surface area contributed by atoms with Gasteiger partial charge in [0, 0.05) is 25.0 Å². The normalized spacial score (nSPS) is 22.5. The second kappa shape index (κ2) is 12.6. The summed E-state index contributed by atoms with van der Waals surface area (Å²) in [5.74, 6) is -0.125. The number of rotatable bonds is 5. The topological polar surface area (TPSA) is 94.6 Å². The predicted octanol–water partition coefficient (Wildman–Crippen LogP) is 3.08. The summed E-state index contributed by atoms with van der Waals surface area (Å²) in [4.78, 5) is 48.9. The molecule has 2 aromatic rings. The molecule has 2 N–H and O–H groups in total. The number of carbonyl (C=O) groups is 3. The zero-order chi connectivity index (χ0) is 26.3. The molecule has 1 aromatic heterocycles. The Kier molecular flexibility index (Phi) is 9.32. The van der Waals surface area contributed by atoms with Gasteiger partial charge in [-0.25, -0.2) is 4.98 Å². The van der Waals surface area contributed by atoms with Gasteiger partial charge in [0.25, 0.3) is 0 Å². The molecule has 1 unspecified atom stereocenters. The van der Waals surface area contributed by atoms with Gasteiger partial charge in [-0.3, -0.25) is 19.3 Å². The molecule has 2 aliphatic rings. The number of aromatic nitrogens is 1. The summed E-state index contributed by atoms with van der Waals surface area (Å²) in [7, 11) is 0. The number of benzene rings is 1. The largest absolute Gasteiger partial charge is 0.354 e. The van der Waals surface area contributed by atoms with Crippen LogP contribution in [0.4, 0.5) is 0 Å². The van der Waals surface area contributed by atoms with Crippen LogP contribution in [0, 0.1) is 5.92 Å². The van der Waals surface area contributed by atoms with E-state index >= 15 is 0 Å². The summed E-state index contributed by atoms with van der Waals surface area (Å²) in [6, 6.07) is 7.89. The number of thiazole rings is 1. The Hall–Kier alpha value is -2.78. The Morgan fingerprint density at radius 2 is 1.95 bits per heavy atom. The van der Waals surface area contributed by atoms with Crippen molar-refractivity contribution in [3.05, 3.63) is 52.0 Å². The Bertz CT molecular complexity index is 1070. The van der Waals surface area contributed by atoms with Gasteiger partial charge >= 0.3 is 0 Å². The van der Waals surface area contributed by atoms with Crippen molar-refractivity contribution >= 4 is 29.1 Å². The SMILES string of the molecule is CC(C)CCN1CC(=O)NC2(CCCc3ccccc32)C(=O)NCCCCN(Cc2cscn2)CC1=O. The van der Waals surface area contributed by atoms with E-state index in [2.05, 4.69) is 34.4 Å². The molecule has 0 bridgehead atoms. The lowest BCUT2D eigenvalue weighted by molar-refractivity contribution is -0.140. The molecule has 1 fully saturated rings. The van der Waals surface area contributed by atoms with Crippen molar-refractivity contribution in [2.75, 3.05) is 32.7 Å². The molecule has 1 aliphatic heterocycles. The zero-order valence-electron chi connectivity index (χ0n) is 22.0. The molecule has 1 atom stereocenters. The van der Waals surface area contributed by atoms with E-state index in [0.29, 0.717) is 32.0 Å². The summed E-state index contributed by atoms with van der Waals surface area (Å²) in [5.41, 5.74) is 3.59. The number of nitrogens with one attached hydrogen (secondary N) is 2. The number of carbonyl (C=O) groups excluding carboxylic acids is 3. The Balaban J connectivity index is 1.60. The average Bonchev–Trinajstić information content (AvgIpc) is 3.38. The lowest BCUT2D eigenvalue weighted by atomic mass is 9.75. The Morgan fingerprint density at radius 3 is 2.73 bits per heavy atom. The number of nitrogens with zero attached hydrogens (tertiary/aromatic N) is 3. The molecule has 0 radical (unpaired) electrons. The van der Waals surface area contributed by atoms with E-state index in [4.69, 9.17) is 0 Å². The first-order chi connectivity index (χ1) is 17.9. The maximum atomic E-state index is 13.7. The highest BCUT2D eigenvalue weighted by Gasteiger charge is 2.44. The van der Waals surface area contributed by atoms with E-state index in [-0.39, 0.29) is 30.8 Å². The fourth-order valence-electron chi connectivity index (χ4n) is 5.28. The van der Waals surface area contributed by atoms with Gasteiger partial charge < -0.3 is 15.5 Å². The second-order valence-electron chi connectivity index (χ2n) is 10.6. The molecular formula is C28H39N5O3S. The monoisotopic (exact) mass is 525 g/mol. The Morgan fingerprint density at radius 1 is 1.11 bits per heavy atom. The molecule has 1 aliphatic carbocycles. The summed E-state index contributed by atoms with van der Waals surface area (Å²) in [6.07, 6.45) is 4.68. The van der Waals surface area contributed by atoms with Crippen LogP contribution < -0.4 is 10.6 Å². The van der Waals surface area contributed by atoms with Gasteiger partial charge in [0.1, 0.15) is 5.54 Å². The predicted molar refractivity (Wildman–Crippen MR) is 145 cm³/mol. The molecule has 200 valence electrons. The minimum absolute atomic E-state index is 0.0622. The van der Waals surface area contributed by atoms with Crippen molar-refractivity contribution in [2.45, 2.75) is 64.5 Å². The fourth-order valence-corrected chi connectivity index (χ4v) is 5.83. The van der Waals surface area contributed by atoms with Gasteiger partial charge in [0.15, 0.2) is 0 Å². The van der Waals surface area contributed by atoms with E-state index in [1.54, 1.807) is 21.7 Å². The van der Waals surface area contributed by atoms with Gasteiger partial charge in [-0.1, -0.05) is 38.1 Å². The quantitative estimate of drug-likeness (QED) is 0.626. The summed E-state index contributed by atoms with van der Waals surface area (Å²) < 4.78 is 0.